The van der Waals surface area contributed by atoms with Crippen LogP contribution in [0.2, 0.25) is 0 Å². The highest BCUT2D eigenvalue weighted by atomic mass is 79.9. The van der Waals surface area contributed by atoms with Gasteiger partial charge in [0.05, 0.1) is 11.1 Å². The highest BCUT2D eigenvalue weighted by Crippen LogP contribution is 2.27. The van der Waals surface area contributed by atoms with Crippen LogP contribution < -0.4 is 0 Å². The lowest BCUT2D eigenvalue weighted by atomic mass is 9.91. The normalized spacial score (nSPS) is 15.1. The Balaban J connectivity index is 1.98. The second kappa shape index (κ2) is 5.92. The van der Waals surface area contributed by atoms with Crippen LogP contribution in [0.5, 0.6) is 0 Å². The number of rotatable bonds is 4. The van der Waals surface area contributed by atoms with Crippen LogP contribution in [0.3, 0.4) is 0 Å². The van der Waals surface area contributed by atoms with E-state index in [0.717, 1.165) is 41.2 Å². The Morgan fingerprint density at radius 1 is 1.30 bits per heavy atom. The zero-order valence-electron chi connectivity index (χ0n) is 11.3. The van der Waals surface area contributed by atoms with Crippen LogP contribution in [-0.2, 0) is 0 Å². The molecule has 1 aromatic heterocycles. The zero-order valence-corrected chi connectivity index (χ0v) is 12.8. The van der Waals surface area contributed by atoms with E-state index in [-0.39, 0.29) is 5.91 Å². The van der Waals surface area contributed by atoms with Crippen LogP contribution >= 0.6 is 15.9 Å². The number of carbonyl (C=O) groups is 1. The summed E-state index contributed by atoms with van der Waals surface area (Å²) in [5, 5.41) is 1.76. The summed E-state index contributed by atoms with van der Waals surface area (Å²) in [6, 6.07) is 10.1. The van der Waals surface area contributed by atoms with Crippen molar-refractivity contribution in [2.75, 3.05) is 11.9 Å². The third-order valence-corrected chi connectivity index (χ3v) is 4.34. The molecule has 1 heterocycles. The van der Waals surface area contributed by atoms with Crippen LogP contribution in [0.25, 0.3) is 10.9 Å². The molecule has 1 amide bonds. The smallest absolute Gasteiger partial charge is 0.254 e. The van der Waals surface area contributed by atoms with E-state index in [2.05, 4.69) is 20.9 Å². The van der Waals surface area contributed by atoms with E-state index in [1.807, 2.05) is 35.2 Å². The molecule has 0 radical (unpaired) electrons. The maximum Gasteiger partial charge on any atom is 0.254 e. The fourth-order valence-corrected chi connectivity index (χ4v) is 3.06. The summed E-state index contributed by atoms with van der Waals surface area (Å²) in [7, 11) is 0. The maximum absolute atomic E-state index is 12.9. The first-order valence-electron chi connectivity index (χ1n) is 7.02. The number of pyridine rings is 1. The third kappa shape index (κ3) is 2.44. The molecular weight excluding hydrogens is 316 g/mol. The number of benzene rings is 1. The minimum atomic E-state index is 0.132. The lowest BCUT2D eigenvalue weighted by molar-refractivity contribution is 0.0601. The van der Waals surface area contributed by atoms with E-state index in [9.17, 15) is 4.79 Å². The molecule has 0 atom stereocenters. The molecule has 20 heavy (non-hydrogen) atoms. The number of aromatic nitrogens is 1. The molecule has 0 bridgehead atoms. The summed E-state index contributed by atoms with van der Waals surface area (Å²) < 4.78 is 0. The van der Waals surface area contributed by atoms with Gasteiger partial charge < -0.3 is 4.90 Å². The first kappa shape index (κ1) is 13.6. The zero-order chi connectivity index (χ0) is 13.9. The van der Waals surface area contributed by atoms with Gasteiger partial charge in [-0.3, -0.25) is 9.78 Å². The molecule has 0 aliphatic heterocycles. The van der Waals surface area contributed by atoms with Crippen LogP contribution in [0.15, 0.2) is 36.5 Å². The largest absolute Gasteiger partial charge is 0.335 e. The van der Waals surface area contributed by atoms with E-state index >= 15 is 0 Å². The van der Waals surface area contributed by atoms with Gasteiger partial charge in [0.2, 0.25) is 0 Å². The van der Waals surface area contributed by atoms with Crippen molar-refractivity contribution in [2.45, 2.75) is 25.3 Å². The summed E-state index contributed by atoms with van der Waals surface area (Å²) in [5.41, 5.74) is 1.65. The van der Waals surface area contributed by atoms with E-state index in [4.69, 9.17) is 0 Å². The van der Waals surface area contributed by atoms with Gasteiger partial charge in [0.1, 0.15) is 0 Å². The van der Waals surface area contributed by atoms with Crippen LogP contribution in [0.1, 0.15) is 29.6 Å². The number of hydrogen-bond donors (Lipinski definition) is 0. The van der Waals surface area contributed by atoms with Gasteiger partial charge in [-0.25, -0.2) is 0 Å². The van der Waals surface area contributed by atoms with Crippen molar-refractivity contribution >= 4 is 32.7 Å². The highest BCUT2D eigenvalue weighted by Gasteiger charge is 2.29. The summed E-state index contributed by atoms with van der Waals surface area (Å²) in [4.78, 5) is 19.2. The maximum atomic E-state index is 12.9. The number of alkyl halides is 1. The predicted octanol–water partition coefficient (Wildman–Crippen LogP) is 3.62. The lowest BCUT2D eigenvalue weighted by Gasteiger charge is -2.37. The van der Waals surface area contributed by atoms with Crippen LogP contribution in [0.4, 0.5) is 0 Å². The molecule has 104 valence electrons. The van der Waals surface area contributed by atoms with Gasteiger partial charge in [0, 0.05) is 29.5 Å². The summed E-state index contributed by atoms with van der Waals surface area (Å²) in [6.45, 7) is 0.764. The Kier molecular flexibility index (Phi) is 4.01. The number of nitrogens with zero attached hydrogens (tertiary/aromatic N) is 2. The molecule has 1 saturated carbocycles. The van der Waals surface area contributed by atoms with E-state index in [1.54, 1.807) is 6.20 Å². The van der Waals surface area contributed by atoms with Crippen LogP contribution in [0, 0.1) is 0 Å². The minimum absolute atomic E-state index is 0.132. The molecule has 0 spiro atoms. The Morgan fingerprint density at radius 2 is 2.10 bits per heavy atom. The molecule has 1 aliphatic rings. The molecule has 3 rings (SSSR count). The standard InChI is InChI=1S/C16H17BrN2O/c17-9-11-19(12-4-3-5-12)16(20)14-8-10-18-15-7-2-1-6-13(14)15/h1-2,6-8,10,12H,3-5,9,11H2. The Morgan fingerprint density at radius 3 is 2.80 bits per heavy atom. The molecular formula is C16H17BrN2O. The second-order valence-electron chi connectivity index (χ2n) is 5.15. The van der Waals surface area contributed by atoms with E-state index < -0.39 is 0 Å². The van der Waals surface area contributed by atoms with Crippen molar-refractivity contribution in [3.8, 4) is 0 Å². The summed E-state index contributed by atoms with van der Waals surface area (Å²) >= 11 is 3.46. The van der Waals surface area contributed by atoms with Crippen molar-refractivity contribution in [3.63, 3.8) is 0 Å². The second-order valence-corrected chi connectivity index (χ2v) is 5.94. The molecule has 1 fully saturated rings. The average Bonchev–Trinajstić information content (AvgIpc) is 2.43. The summed E-state index contributed by atoms with van der Waals surface area (Å²) in [6.07, 6.45) is 5.21. The molecule has 0 saturated heterocycles. The number of amides is 1. The predicted molar refractivity (Wildman–Crippen MR) is 84.2 cm³/mol. The number of halogens is 1. The third-order valence-electron chi connectivity index (χ3n) is 3.98. The van der Waals surface area contributed by atoms with Gasteiger partial charge in [-0.2, -0.15) is 0 Å². The molecule has 1 aliphatic carbocycles. The van der Waals surface area contributed by atoms with Gasteiger partial charge in [-0.05, 0) is 31.4 Å². The molecule has 3 nitrogen and oxygen atoms in total. The van der Waals surface area contributed by atoms with Crippen molar-refractivity contribution in [3.05, 3.63) is 42.1 Å². The number of hydrogen-bond acceptors (Lipinski definition) is 2. The monoisotopic (exact) mass is 332 g/mol. The van der Waals surface area contributed by atoms with Crippen LogP contribution in [-0.4, -0.2) is 33.7 Å². The van der Waals surface area contributed by atoms with Crippen molar-refractivity contribution in [1.29, 1.82) is 0 Å². The number of carbonyl (C=O) groups excluding carboxylic acids is 1. The topological polar surface area (TPSA) is 33.2 Å². The van der Waals surface area contributed by atoms with Gasteiger partial charge >= 0.3 is 0 Å². The quantitative estimate of drug-likeness (QED) is 0.801. The fraction of sp³-hybridized carbons (Fsp3) is 0.375. The van der Waals surface area contributed by atoms with Crippen molar-refractivity contribution in [2.24, 2.45) is 0 Å². The van der Waals surface area contributed by atoms with Gasteiger partial charge in [-0.15, -0.1) is 0 Å². The van der Waals surface area contributed by atoms with E-state index in [0.29, 0.717) is 6.04 Å². The molecule has 0 unspecified atom stereocenters. The molecule has 4 heteroatoms. The Hall–Kier alpha value is -1.42. The van der Waals surface area contributed by atoms with Gasteiger partial charge in [0.25, 0.3) is 5.91 Å². The Labute approximate surface area is 127 Å². The molecule has 0 N–H and O–H groups in total. The first-order valence-corrected chi connectivity index (χ1v) is 8.14. The molecule has 2 aromatic rings. The molecule has 1 aromatic carbocycles. The van der Waals surface area contributed by atoms with Crippen molar-refractivity contribution in [1.82, 2.24) is 9.88 Å². The fourth-order valence-electron chi connectivity index (χ4n) is 2.68. The van der Waals surface area contributed by atoms with Gasteiger partial charge in [-0.1, -0.05) is 34.1 Å². The lowest BCUT2D eigenvalue weighted by Crippen LogP contribution is -2.45. The summed E-state index contributed by atoms with van der Waals surface area (Å²) in [5.74, 6) is 0.132. The average molecular weight is 333 g/mol. The first-order chi connectivity index (χ1) is 9.81. The highest BCUT2D eigenvalue weighted by molar-refractivity contribution is 9.09. The SMILES string of the molecule is O=C(c1ccnc2ccccc12)N(CCBr)C1CCC1. The van der Waals surface area contributed by atoms with E-state index in [1.165, 1.54) is 6.42 Å². The minimum Gasteiger partial charge on any atom is -0.335 e. The Bertz CT molecular complexity index is 619. The number of para-hydroxylation sites is 1. The number of fused-ring (bicyclic) bond motifs is 1. The van der Waals surface area contributed by atoms with Crippen molar-refractivity contribution < 1.29 is 4.79 Å². The van der Waals surface area contributed by atoms with Gasteiger partial charge in [0.15, 0.2) is 0 Å².